The Morgan fingerprint density at radius 1 is 1.19 bits per heavy atom. The van der Waals surface area contributed by atoms with Gasteiger partial charge in [-0.1, -0.05) is 11.6 Å². The van der Waals surface area contributed by atoms with Crippen molar-refractivity contribution in [3.05, 3.63) is 68.7 Å². The molecule has 2 bridgehead atoms. The van der Waals surface area contributed by atoms with E-state index < -0.39 is 36.3 Å². The molecule has 1 unspecified atom stereocenters. The van der Waals surface area contributed by atoms with E-state index in [0.29, 0.717) is 25.0 Å². The van der Waals surface area contributed by atoms with Gasteiger partial charge in [-0.25, -0.2) is 23.7 Å². The van der Waals surface area contributed by atoms with E-state index in [4.69, 9.17) is 11.6 Å². The zero-order valence-corrected chi connectivity index (χ0v) is 19.5. The van der Waals surface area contributed by atoms with Gasteiger partial charge < -0.3 is 15.0 Å². The quantitative estimate of drug-likeness (QED) is 0.453. The summed E-state index contributed by atoms with van der Waals surface area (Å²) in [5.74, 6) is -2.93. The van der Waals surface area contributed by atoms with E-state index in [-0.39, 0.29) is 39.5 Å². The van der Waals surface area contributed by atoms with Crippen LogP contribution in [0.15, 0.2) is 35.3 Å². The number of alkyl halides is 3. The number of ether oxygens (including phenoxy) is 1. The molecule has 194 valence electrons. The number of fused-ring (bicyclic) bond motifs is 4. The van der Waals surface area contributed by atoms with Crippen molar-refractivity contribution in [1.29, 1.82) is 0 Å². The molecule has 1 aromatic carbocycles. The maximum Gasteiger partial charge on any atom is 0.422 e. The molecule has 3 aromatic rings. The van der Waals surface area contributed by atoms with Crippen molar-refractivity contribution < 1.29 is 31.5 Å². The molecule has 0 aliphatic carbocycles. The monoisotopic (exact) mass is 541 g/mol. The fourth-order valence-corrected chi connectivity index (χ4v) is 4.96. The summed E-state index contributed by atoms with van der Waals surface area (Å²) in [6.07, 6.45) is -1.92. The van der Waals surface area contributed by atoms with E-state index in [1.54, 1.807) is 4.90 Å². The lowest BCUT2D eigenvalue weighted by molar-refractivity contribution is -0.154. The highest BCUT2D eigenvalue weighted by molar-refractivity contribution is 6.33. The predicted octanol–water partition coefficient (Wildman–Crippen LogP) is 5.00. The average molecular weight is 542 g/mol. The van der Waals surface area contributed by atoms with Crippen molar-refractivity contribution in [1.82, 2.24) is 20.1 Å². The first-order chi connectivity index (χ1) is 17.5. The van der Waals surface area contributed by atoms with E-state index in [2.05, 4.69) is 25.2 Å². The SMILES string of the molecule is O=C(Nc1cc(Cl)c(-c2cnc(OCC(F)(F)F)c(F)c2)cc1F)N1C2CC[C@@H]1c1n[nH]c(=O)cc1C2. The Labute approximate surface area is 210 Å². The molecule has 2 aliphatic rings. The van der Waals surface area contributed by atoms with Gasteiger partial charge in [0.05, 0.1) is 22.4 Å². The minimum absolute atomic E-state index is 0.00561. The standard InChI is InChI=1S/C23H17ClF5N5O3/c24-14-7-17(15(25)6-13(14)11-4-16(26)21(30-8-11)37-9-23(27,28)29)31-22(36)34-12-1-2-18(34)20-10(3-12)5-19(35)32-33-20/h4-8,12,18H,1-3,9H2,(H,31,36)(H,32,35)/t12?,18-/m1/s1. The number of benzene rings is 1. The summed E-state index contributed by atoms with van der Waals surface area (Å²) in [4.78, 5) is 29.8. The predicted molar refractivity (Wildman–Crippen MR) is 121 cm³/mol. The van der Waals surface area contributed by atoms with Crippen molar-refractivity contribution >= 4 is 23.3 Å². The number of carbonyl (C=O) groups excluding carboxylic acids is 1. The molecular weight excluding hydrogens is 525 g/mol. The molecule has 0 saturated carbocycles. The van der Waals surface area contributed by atoms with Gasteiger partial charge in [-0.15, -0.1) is 0 Å². The Kier molecular flexibility index (Phi) is 6.26. The van der Waals surface area contributed by atoms with Gasteiger partial charge >= 0.3 is 12.2 Å². The van der Waals surface area contributed by atoms with Crippen LogP contribution in [0.3, 0.4) is 0 Å². The summed E-state index contributed by atoms with van der Waals surface area (Å²) in [5, 5.41) is 8.92. The number of nitrogens with zero attached hydrogens (tertiary/aromatic N) is 3. The van der Waals surface area contributed by atoms with E-state index in [1.165, 1.54) is 6.07 Å². The third-order valence-corrected chi connectivity index (χ3v) is 6.53. The van der Waals surface area contributed by atoms with Crippen LogP contribution >= 0.6 is 11.6 Å². The molecule has 2 aromatic heterocycles. The number of urea groups is 1. The number of hydrogen-bond donors (Lipinski definition) is 2. The lowest BCUT2D eigenvalue weighted by atomic mass is 9.99. The molecule has 5 rings (SSSR count). The molecule has 2 atom stereocenters. The van der Waals surface area contributed by atoms with Crippen molar-refractivity contribution in [3.63, 3.8) is 0 Å². The molecule has 4 heterocycles. The van der Waals surface area contributed by atoms with Crippen LogP contribution in [-0.4, -0.2) is 44.9 Å². The van der Waals surface area contributed by atoms with Crippen molar-refractivity contribution in [3.8, 4) is 17.0 Å². The molecule has 14 heteroatoms. The van der Waals surface area contributed by atoms with Crippen molar-refractivity contribution in [2.24, 2.45) is 0 Å². The molecule has 0 radical (unpaired) electrons. The van der Waals surface area contributed by atoms with Gasteiger partial charge in [0, 0.05) is 29.4 Å². The summed E-state index contributed by atoms with van der Waals surface area (Å²) in [6.45, 7) is -1.72. The summed E-state index contributed by atoms with van der Waals surface area (Å²) in [7, 11) is 0. The topological polar surface area (TPSA) is 100 Å². The second-order valence-electron chi connectivity index (χ2n) is 8.66. The van der Waals surface area contributed by atoms with E-state index in [9.17, 15) is 31.5 Å². The first-order valence-corrected chi connectivity index (χ1v) is 11.4. The average Bonchev–Trinajstić information content (AvgIpc) is 3.14. The number of aromatic nitrogens is 3. The highest BCUT2D eigenvalue weighted by Crippen LogP contribution is 2.43. The van der Waals surface area contributed by atoms with Crippen LogP contribution in [0.2, 0.25) is 5.02 Å². The second-order valence-corrected chi connectivity index (χ2v) is 9.07. The minimum atomic E-state index is -4.67. The van der Waals surface area contributed by atoms with Crippen LogP contribution in [0.1, 0.15) is 30.1 Å². The van der Waals surface area contributed by atoms with Crippen LogP contribution in [0.4, 0.5) is 32.4 Å². The van der Waals surface area contributed by atoms with Crippen LogP contribution in [-0.2, 0) is 6.42 Å². The molecular formula is C23H17ClF5N5O3. The Morgan fingerprint density at radius 2 is 1.97 bits per heavy atom. The van der Waals surface area contributed by atoms with Gasteiger partial charge in [0.1, 0.15) is 5.82 Å². The Morgan fingerprint density at radius 3 is 2.70 bits per heavy atom. The number of H-pyrrole nitrogens is 1. The maximum atomic E-state index is 15.0. The first-order valence-electron chi connectivity index (χ1n) is 11.0. The number of hydrogen-bond acceptors (Lipinski definition) is 5. The number of rotatable bonds is 4. The number of anilines is 1. The van der Waals surface area contributed by atoms with Gasteiger partial charge in [-0.3, -0.25) is 4.79 Å². The number of aromatic amines is 1. The number of pyridine rings is 1. The zero-order valence-electron chi connectivity index (χ0n) is 18.7. The molecule has 8 nitrogen and oxygen atoms in total. The van der Waals surface area contributed by atoms with E-state index in [1.807, 2.05) is 0 Å². The third-order valence-electron chi connectivity index (χ3n) is 6.22. The van der Waals surface area contributed by atoms with E-state index >= 15 is 0 Å². The van der Waals surface area contributed by atoms with Crippen LogP contribution in [0.5, 0.6) is 5.88 Å². The summed E-state index contributed by atoms with van der Waals surface area (Å²) < 4.78 is 70.4. The zero-order chi connectivity index (χ0) is 26.5. The van der Waals surface area contributed by atoms with Crippen LogP contribution in [0, 0.1) is 11.6 Å². The van der Waals surface area contributed by atoms with Gasteiger partial charge in [-0.2, -0.15) is 18.3 Å². The number of halogens is 6. The molecule has 1 saturated heterocycles. The minimum Gasteiger partial charge on any atom is -0.466 e. The van der Waals surface area contributed by atoms with Crippen LogP contribution in [0.25, 0.3) is 11.1 Å². The van der Waals surface area contributed by atoms with Crippen LogP contribution < -0.4 is 15.6 Å². The Hall–Kier alpha value is -3.74. The summed E-state index contributed by atoms with van der Waals surface area (Å²) >= 11 is 6.26. The number of amides is 2. The Bertz CT molecular complexity index is 1450. The van der Waals surface area contributed by atoms with E-state index in [0.717, 1.165) is 30.0 Å². The molecule has 1 fully saturated rings. The van der Waals surface area contributed by atoms with Gasteiger partial charge in [0.2, 0.25) is 0 Å². The molecule has 0 spiro atoms. The molecule has 2 N–H and O–H groups in total. The third kappa shape index (κ3) is 4.95. The fourth-order valence-electron chi connectivity index (χ4n) is 4.69. The number of carbonyl (C=O) groups is 1. The largest absolute Gasteiger partial charge is 0.466 e. The fraction of sp³-hybridized carbons (Fsp3) is 0.304. The van der Waals surface area contributed by atoms with Gasteiger partial charge in [0.25, 0.3) is 11.4 Å². The first kappa shape index (κ1) is 24.9. The molecule has 2 aliphatic heterocycles. The van der Waals surface area contributed by atoms with Crippen molar-refractivity contribution in [2.75, 3.05) is 11.9 Å². The summed E-state index contributed by atoms with van der Waals surface area (Å²) in [6, 6.07) is 3.24. The van der Waals surface area contributed by atoms with Crippen molar-refractivity contribution in [2.45, 2.75) is 37.5 Å². The smallest absolute Gasteiger partial charge is 0.422 e. The maximum absolute atomic E-state index is 15.0. The van der Waals surface area contributed by atoms with Gasteiger partial charge in [0.15, 0.2) is 12.4 Å². The summed E-state index contributed by atoms with van der Waals surface area (Å²) in [5.41, 5.74) is 0.808. The lowest BCUT2D eigenvalue weighted by Gasteiger charge is -2.35. The lowest BCUT2D eigenvalue weighted by Crippen LogP contribution is -2.45. The highest BCUT2D eigenvalue weighted by Gasteiger charge is 2.44. The molecule has 2 amide bonds. The highest BCUT2D eigenvalue weighted by atomic mass is 35.5. The Balaban J connectivity index is 1.35. The second kappa shape index (κ2) is 9.29. The normalized spacial score (nSPS) is 18.5. The van der Waals surface area contributed by atoms with Gasteiger partial charge in [-0.05, 0) is 43.0 Å². The number of nitrogens with one attached hydrogen (secondary N) is 2. The molecule has 37 heavy (non-hydrogen) atoms.